The number of carbonyl (C=O) groups excluding carboxylic acids is 1. The predicted octanol–water partition coefficient (Wildman–Crippen LogP) is 2.56. The summed E-state index contributed by atoms with van der Waals surface area (Å²) in [7, 11) is 1.64. The summed E-state index contributed by atoms with van der Waals surface area (Å²) < 4.78 is 11.2. The first-order valence-corrected chi connectivity index (χ1v) is 6.38. The van der Waals surface area contributed by atoms with Gasteiger partial charge < -0.3 is 14.4 Å². The molecule has 0 aromatic heterocycles. The van der Waals surface area contributed by atoms with Crippen molar-refractivity contribution in [1.29, 1.82) is 0 Å². The van der Waals surface area contributed by atoms with E-state index in [1.165, 1.54) is 4.90 Å². The van der Waals surface area contributed by atoms with Gasteiger partial charge in [-0.2, -0.15) is 0 Å². The van der Waals surface area contributed by atoms with Gasteiger partial charge in [-0.1, -0.05) is 23.2 Å². The van der Waals surface area contributed by atoms with E-state index in [9.17, 15) is 4.79 Å². The maximum Gasteiger partial charge on any atom is 0.292 e. The Balaban J connectivity index is 2.26. The Morgan fingerprint density at radius 2 is 1.83 bits per heavy atom. The minimum absolute atomic E-state index is 0.285. The number of amides is 1. The number of hydrogen-bond donors (Lipinski definition) is 0. The molecule has 0 atom stereocenters. The molecule has 0 radical (unpaired) electrons. The van der Waals surface area contributed by atoms with Gasteiger partial charge in [-0.25, -0.2) is 0 Å². The minimum Gasteiger partial charge on any atom is -0.338 e. The van der Waals surface area contributed by atoms with Crippen LogP contribution < -0.4 is 4.90 Å². The number of anilines is 1. The molecule has 2 aliphatic rings. The summed E-state index contributed by atoms with van der Waals surface area (Å²) in [5.74, 6) is -1.70. The topological polar surface area (TPSA) is 38.8 Å². The molecule has 6 heteroatoms. The van der Waals surface area contributed by atoms with Crippen LogP contribution in [0.1, 0.15) is 12.0 Å². The third-order valence-corrected chi connectivity index (χ3v) is 3.85. The van der Waals surface area contributed by atoms with E-state index >= 15 is 0 Å². The molecule has 0 aliphatic carbocycles. The van der Waals surface area contributed by atoms with Crippen LogP contribution in [0.3, 0.4) is 0 Å². The fourth-order valence-electron chi connectivity index (χ4n) is 2.41. The van der Waals surface area contributed by atoms with Crippen molar-refractivity contribution in [1.82, 2.24) is 0 Å². The van der Waals surface area contributed by atoms with Crippen molar-refractivity contribution in [2.45, 2.75) is 12.2 Å². The molecule has 1 fully saturated rings. The van der Waals surface area contributed by atoms with E-state index in [4.69, 9.17) is 32.7 Å². The van der Waals surface area contributed by atoms with Crippen LogP contribution in [0.25, 0.3) is 0 Å². The molecule has 18 heavy (non-hydrogen) atoms. The molecule has 1 saturated heterocycles. The number of hydrogen-bond acceptors (Lipinski definition) is 3. The van der Waals surface area contributed by atoms with Crippen LogP contribution >= 0.6 is 23.2 Å². The molecule has 3 rings (SSSR count). The van der Waals surface area contributed by atoms with E-state index in [1.54, 1.807) is 19.2 Å². The number of carbonyl (C=O) groups is 1. The van der Waals surface area contributed by atoms with Crippen LogP contribution in [0.15, 0.2) is 12.1 Å². The molecular weight excluding hydrogens is 277 g/mol. The molecule has 0 unspecified atom stereocenters. The van der Waals surface area contributed by atoms with Crippen molar-refractivity contribution in [3.8, 4) is 0 Å². The van der Waals surface area contributed by atoms with Crippen molar-refractivity contribution in [2.75, 3.05) is 25.2 Å². The number of rotatable bonds is 0. The lowest BCUT2D eigenvalue weighted by Gasteiger charge is -2.32. The number of benzene rings is 1. The Morgan fingerprint density at radius 1 is 1.22 bits per heavy atom. The fraction of sp³-hybridized carbons (Fsp3) is 0.417. The van der Waals surface area contributed by atoms with E-state index < -0.39 is 5.79 Å². The zero-order valence-corrected chi connectivity index (χ0v) is 11.2. The van der Waals surface area contributed by atoms with Crippen LogP contribution in [0.2, 0.25) is 10.0 Å². The highest BCUT2D eigenvalue weighted by atomic mass is 35.5. The molecule has 2 heterocycles. The quantitative estimate of drug-likeness (QED) is 0.736. The van der Waals surface area contributed by atoms with Gasteiger partial charge in [-0.15, -0.1) is 0 Å². The van der Waals surface area contributed by atoms with Crippen molar-refractivity contribution < 1.29 is 14.3 Å². The average Bonchev–Trinajstić information content (AvgIpc) is 2.59. The molecule has 0 N–H and O–H groups in total. The van der Waals surface area contributed by atoms with Gasteiger partial charge in [0.15, 0.2) is 0 Å². The van der Waals surface area contributed by atoms with E-state index in [1.807, 2.05) is 0 Å². The molecular formula is C12H11Cl2NO3. The van der Waals surface area contributed by atoms with Crippen molar-refractivity contribution in [3.05, 3.63) is 27.7 Å². The van der Waals surface area contributed by atoms with Crippen molar-refractivity contribution in [2.24, 2.45) is 0 Å². The SMILES string of the molecule is CN1C(=O)C2(OCCCO2)c2c(Cl)ccc(Cl)c21. The monoisotopic (exact) mass is 287 g/mol. The highest BCUT2D eigenvalue weighted by Gasteiger charge is 2.55. The Labute approximate surface area is 114 Å². The lowest BCUT2D eigenvalue weighted by atomic mass is 10.1. The lowest BCUT2D eigenvalue weighted by Crippen LogP contribution is -2.46. The predicted molar refractivity (Wildman–Crippen MR) is 68.1 cm³/mol. The third kappa shape index (κ3) is 1.43. The molecule has 2 aliphatic heterocycles. The van der Waals surface area contributed by atoms with Crippen molar-refractivity contribution in [3.63, 3.8) is 0 Å². The van der Waals surface area contributed by atoms with E-state index in [0.717, 1.165) is 6.42 Å². The van der Waals surface area contributed by atoms with Crippen LogP contribution in [0.4, 0.5) is 5.69 Å². The Bertz CT molecular complexity index is 526. The zero-order valence-electron chi connectivity index (χ0n) is 9.70. The third-order valence-electron chi connectivity index (χ3n) is 3.23. The van der Waals surface area contributed by atoms with E-state index in [-0.39, 0.29) is 5.91 Å². The molecule has 1 aromatic carbocycles. The van der Waals surface area contributed by atoms with Crippen LogP contribution in [-0.2, 0) is 20.1 Å². The van der Waals surface area contributed by atoms with Gasteiger partial charge in [0.2, 0.25) is 0 Å². The summed E-state index contributed by atoms with van der Waals surface area (Å²) in [6.45, 7) is 0.920. The second kappa shape index (κ2) is 4.10. The highest BCUT2D eigenvalue weighted by molar-refractivity contribution is 6.38. The van der Waals surface area contributed by atoms with E-state index in [0.29, 0.717) is 34.5 Å². The first-order chi connectivity index (χ1) is 8.58. The summed E-state index contributed by atoms with van der Waals surface area (Å²) in [6, 6.07) is 3.31. The zero-order chi connectivity index (χ0) is 12.9. The molecule has 0 bridgehead atoms. The molecule has 1 amide bonds. The Kier molecular flexibility index (Phi) is 2.79. The Morgan fingerprint density at radius 3 is 2.50 bits per heavy atom. The molecule has 4 nitrogen and oxygen atoms in total. The maximum atomic E-state index is 12.4. The van der Waals surface area contributed by atoms with Gasteiger partial charge >= 0.3 is 0 Å². The van der Waals surface area contributed by atoms with Crippen LogP contribution in [0, 0.1) is 0 Å². The van der Waals surface area contributed by atoms with Crippen LogP contribution in [0.5, 0.6) is 0 Å². The van der Waals surface area contributed by atoms with Gasteiger partial charge in [0, 0.05) is 7.05 Å². The number of nitrogens with zero attached hydrogens (tertiary/aromatic N) is 1. The van der Waals surface area contributed by atoms with Crippen molar-refractivity contribution >= 4 is 34.8 Å². The first kappa shape index (κ1) is 12.2. The summed E-state index contributed by atoms with van der Waals surface area (Å²) in [5.41, 5.74) is 1.08. The normalized spacial score (nSPS) is 21.5. The van der Waals surface area contributed by atoms with Gasteiger partial charge in [0.1, 0.15) is 0 Å². The van der Waals surface area contributed by atoms with Gasteiger partial charge in [0.05, 0.1) is 34.5 Å². The molecule has 1 aromatic rings. The second-order valence-electron chi connectivity index (χ2n) is 4.28. The number of fused-ring (bicyclic) bond motifs is 2. The standard InChI is InChI=1S/C12H11Cl2NO3/c1-15-10-8(14)4-3-7(13)9(10)12(11(15)16)17-5-2-6-18-12/h3-4H,2,5-6H2,1H3. The lowest BCUT2D eigenvalue weighted by molar-refractivity contribution is -0.256. The summed E-state index contributed by atoms with van der Waals surface area (Å²) in [5, 5.41) is 0.883. The summed E-state index contributed by atoms with van der Waals surface area (Å²) in [6.07, 6.45) is 0.756. The average molecular weight is 288 g/mol. The number of likely N-dealkylation sites (N-methyl/N-ethyl adjacent to an activating group) is 1. The molecule has 96 valence electrons. The fourth-order valence-corrected chi connectivity index (χ4v) is 2.97. The minimum atomic E-state index is -1.41. The van der Waals surface area contributed by atoms with Gasteiger partial charge in [0.25, 0.3) is 11.7 Å². The number of halogens is 2. The second-order valence-corrected chi connectivity index (χ2v) is 5.10. The van der Waals surface area contributed by atoms with Gasteiger partial charge in [-0.3, -0.25) is 4.79 Å². The molecule has 0 saturated carbocycles. The highest BCUT2D eigenvalue weighted by Crippen LogP contribution is 2.50. The maximum absolute atomic E-state index is 12.4. The first-order valence-electron chi connectivity index (χ1n) is 5.62. The largest absolute Gasteiger partial charge is 0.338 e. The summed E-state index contributed by atoms with van der Waals surface area (Å²) >= 11 is 12.3. The smallest absolute Gasteiger partial charge is 0.292 e. The molecule has 1 spiro atoms. The van der Waals surface area contributed by atoms with Gasteiger partial charge in [-0.05, 0) is 18.6 Å². The summed E-state index contributed by atoms with van der Waals surface area (Å²) in [4.78, 5) is 13.8. The Hall–Kier alpha value is -0.810. The van der Waals surface area contributed by atoms with Crippen LogP contribution in [-0.4, -0.2) is 26.2 Å². The number of ether oxygens (including phenoxy) is 2. The van der Waals surface area contributed by atoms with E-state index in [2.05, 4.69) is 0 Å².